The number of hydrogen-bond acceptors (Lipinski definition) is 7. The molecule has 1 aromatic carbocycles. The average molecular weight is 328 g/mol. The second kappa shape index (κ2) is 6.57. The van der Waals surface area contributed by atoms with E-state index in [1.807, 2.05) is 0 Å². The Morgan fingerprint density at radius 2 is 2.17 bits per heavy atom. The van der Waals surface area contributed by atoms with Gasteiger partial charge in [-0.05, 0) is 26.0 Å². The molecule has 24 heavy (non-hydrogen) atoms. The Bertz CT molecular complexity index is 932. The molecule has 1 N–H and O–H groups in total. The van der Waals surface area contributed by atoms with Crippen molar-refractivity contribution >= 4 is 16.8 Å². The summed E-state index contributed by atoms with van der Waals surface area (Å²) in [6, 6.07) is 6.54. The number of carbonyl (C=O) groups excluding carboxylic acids is 1. The molecule has 0 radical (unpaired) electrons. The molecule has 0 fully saturated rings. The molecule has 1 amide bonds. The quantitative estimate of drug-likeness (QED) is 0.734. The van der Waals surface area contributed by atoms with Crippen molar-refractivity contribution in [1.82, 2.24) is 30.5 Å². The van der Waals surface area contributed by atoms with Gasteiger partial charge >= 0.3 is 0 Å². The minimum Gasteiger partial charge on any atom is -0.345 e. The molecular formula is C15H16N6O3. The summed E-state index contributed by atoms with van der Waals surface area (Å²) in [7, 11) is 0. The van der Waals surface area contributed by atoms with Crippen molar-refractivity contribution in [2.75, 3.05) is 0 Å². The molecule has 0 bridgehead atoms. The number of nitrogens with one attached hydrogen (secondary N) is 1. The van der Waals surface area contributed by atoms with E-state index in [1.165, 1.54) is 4.68 Å². The molecule has 0 spiro atoms. The lowest BCUT2D eigenvalue weighted by molar-refractivity contribution is -0.122. The summed E-state index contributed by atoms with van der Waals surface area (Å²) in [5.41, 5.74) is 0.262. The second-order valence-electron chi connectivity index (χ2n) is 5.35. The van der Waals surface area contributed by atoms with Crippen LogP contribution in [0.3, 0.4) is 0 Å². The third kappa shape index (κ3) is 3.29. The van der Waals surface area contributed by atoms with E-state index >= 15 is 0 Å². The third-order valence-electron chi connectivity index (χ3n) is 3.47. The van der Waals surface area contributed by atoms with Crippen LogP contribution in [0, 0.1) is 6.92 Å². The van der Waals surface area contributed by atoms with Gasteiger partial charge < -0.3 is 9.84 Å². The highest BCUT2D eigenvalue weighted by Crippen LogP contribution is 2.09. The van der Waals surface area contributed by atoms with Crippen molar-refractivity contribution in [2.45, 2.75) is 32.9 Å². The summed E-state index contributed by atoms with van der Waals surface area (Å²) in [5.74, 6) is 0.591. The van der Waals surface area contributed by atoms with E-state index in [1.54, 1.807) is 38.1 Å². The van der Waals surface area contributed by atoms with Crippen molar-refractivity contribution < 1.29 is 9.32 Å². The molecule has 3 rings (SSSR count). The van der Waals surface area contributed by atoms with Gasteiger partial charge in [0.2, 0.25) is 11.8 Å². The van der Waals surface area contributed by atoms with Gasteiger partial charge in [-0.1, -0.05) is 22.5 Å². The Morgan fingerprint density at radius 3 is 2.92 bits per heavy atom. The summed E-state index contributed by atoms with van der Waals surface area (Å²) in [4.78, 5) is 28.4. The maximum atomic E-state index is 12.3. The SMILES string of the molecule is Cc1noc([C@H](C)NC(=O)CCn2nnc3ccccc3c2=O)n1. The molecule has 3 aromatic rings. The van der Waals surface area contributed by atoms with E-state index in [2.05, 4.69) is 25.8 Å². The number of hydrogen-bond donors (Lipinski definition) is 1. The van der Waals surface area contributed by atoms with Crippen LogP contribution in [-0.4, -0.2) is 31.0 Å². The van der Waals surface area contributed by atoms with Crippen LogP contribution < -0.4 is 10.9 Å². The molecule has 0 aliphatic carbocycles. The Kier molecular flexibility index (Phi) is 4.32. The van der Waals surface area contributed by atoms with Crippen LogP contribution in [0.4, 0.5) is 0 Å². The van der Waals surface area contributed by atoms with Crippen molar-refractivity contribution in [3.05, 3.63) is 46.3 Å². The summed E-state index contributed by atoms with van der Waals surface area (Å²) >= 11 is 0. The Hall–Kier alpha value is -3.10. The minimum atomic E-state index is -0.405. The van der Waals surface area contributed by atoms with Gasteiger partial charge in [0.05, 0.1) is 11.9 Å². The van der Waals surface area contributed by atoms with Crippen LogP contribution >= 0.6 is 0 Å². The smallest absolute Gasteiger partial charge is 0.277 e. The van der Waals surface area contributed by atoms with E-state index in [-0.39, 0.29) is 24.4 Å². The van der Waals surface area contributed by atoms with Gasteiger partial charge in [0.25, 0.3) is 5.56 Å². The monoisotopic (exact) mass is 328 g/mol. The first-order valence-corrected chi connectivity index (χ1v) is 7.46. The van der Waals surface area contributed by atoms with Gasteiger partial charge in [-0.2, -0.15) is 4.98 Å². The molecule has 9 heteroatoms. The van der Waals surface area contributed by atoms with Crippen LogP contribution in [0.2, 0.25) is 0 Å². The molecular weight excluding hydrogens is 312 g/mol. The van der Waals surface area contributed by atoms with E-state index < -0.39 is 6.04 Å². The van der Waals surface area contributed by atoms with Crippen LogP contribution in [0.5, 0.6) is 0 Å². The Morgan fingerprint density at radius 1 is 1.38 bits per heavy atom. The van der Waals surface area contributed by atoms with E-state index in [0.717, 1.165) is 0 Å². The maximum Gasteiger partial charge on any atom is 0.277 e. The summed E-state index contributed by atoms with van der Waals surface area (Å²) in [5, 5.41) is 14.7. The molecule has 9 nitrogen and oxygen atoms in total. The Balaban J connectivity index is 1.64. The number of carbonyl (C=O) groups is 1. The average Bonchev–Trinajstić information content (AvgIpc) is 3.01. The second-order valence-corrected chi connectivity index (χ2v) is 5.35. The molecule has 124 valence electrons. The van der Waals surface area contributed by atoms with Crippen molar-refractivity contribution in [3.63, 3.8) is 0 Å². The lowest BCUT2D eigenvalue weighted by Crippen LogP contribution is -2.30. The molecule has 0 saturated heterocycles. The lowest BCUT2D eigenvalue weighted by atomic mass is 10.2. The highest BCUT2D eigenvalue weighted by Gasteiger charge is 2.16. The minimum absolute atomic E-state index is 0.0877. The lowest BCUT2D eigenvalue weighted by Gasteiger charge is -2.10. The van der Waals surface area contributed by atoms with Crippen molar-refractivity contribution in [2.24, 2.45) is 0 Å². The molecule has 0 aliphatic rings. The van der Waals surface area contributed by atoms with Gasteiger partial charge in [0.1, 0.15) is 11.6 Å². The standard InChI is InChI=1S/C15H16N6O3/c1-9(14-17-10(2)19-24-14)16-13(22)7-8-21-15(23)11-5-3-4-6-12(11)18-20-21/h3-6,9H,7-8H2,1-2H3,(H,16,22)/t9-/m0/s1. The highest BCUT2D eigenvalue weighted by molar-refractivity contribution is 5.77. The maximum absolute atomic E-state index is 12.3. The predicted octanol–water partition coefficient (Wildman–Crippen LogP) is 0.750. The zero-order chi connectivity index (χ0) is 17.1. The summed E-state index contributed by atoms with van der Waals surface area (Å²) in [6.07, 6.45) is 0.0877. The fraction of sp³-hybridized carbons (Fsp3) is 0.333. The molecule has 2 heterocycles. The van der Waals surface area contributed by atoms with Crippen LogP contribution in [-0.2, 0) is 11.3 Å². The van der Waals surface area contributed by atoms with Gasteiger partial charge in [0.15, 0.2) is 5.82 Å². The number of aryl methyl sites for hydroxylation is 2. The highest BCUT2D eigenvalue weighted by atomic mass is 16.5. The first-order chi connectivity index (χ1) is 11.5. The fourth-order valence-electron chi connectivity index (χ4n) is 2.24. The molecule has 0 aliphatic heterocycles. The molecule has 1 atom stereocenters. The zero-order valence-corrected chi connectivity index (χ0v) is 13.3. The normalized spacial score (nSPS) is 12.2. The topological polar surface area (TPSA) is 116 Å². The number of fused-ring (bicyclic) bond motifs is 1. The number of aromatic nitrogens is 5. The number of benzene rings is 1. The molecule has 0 saturated carbocycles. The summed E-state index contributed by atoms with van der Waals surface area (Å²) in [6.45, 7) is 3.58. The van der Waals surface area contributed by atoms with E-state index in [4.69, 9.17) is 4.52 Å². The van der Waals surface area contributed by atoms with Crippen LogP contribution in [0.15, 0.2) is 33.6 Å². The number of nitrogens with zero attached hydrogens (tertiary/aromatic N) is 5. The third-order valence-corrected chi connectivity index (χ3v) is 3.47. The predicted molar refractivity (Wildman–Crippen MR) is 84.0 cm³/mol. The molecule has 0 unspecified atom stereocenters. The van der Waals surface area contributed by atoms with E-state index in [9.17, 15) is 9.59 Å². The Labute approximate surface area is 136 Å². The van der Waals surface area contributed by atoms with Gasteiger partial charge in [-0.15, -0.1) is 5.10 Å². The first-order valence-electron chi connectivity index (χ1n) is 7.46. The molecule has 2 aromatic heterocycles. The van der Waals surface area contributed by atoms with Crippen LogP contribution in [0.25, 0.3) is 10.9 Å². The van der Waals surface area contributed by atoms with Gasteiger partial charge in [-0.25, -0.2) is 4.68 Å². The largest absolute Gasteiger partial charge is 0.345 e. The number of rotatable bonds is 5. The van der Waals surface area contributed by atoms with E-state index in [0.29, 0.717) is 22.6 Å². The summed E-state index contributed by atoms with van der Waals surface area (Å²) < 4.78 is 6.19. The fourth-order valence-corrected chi connectivity index (χ4v) is 2.24. The zero-order valence-electron chi connectivity index (χ0n) is 13.3. The van der Waals surface area contributed by atoms with Crippen molar-refractivity contribution in [3.8, 4) is 0 Å². The first kappa shape index (κ1) is 15.8. The number of amides is 1. The van der Waals surface area contributed by atoms with Crippen molar-refractivity contribution in [1.29, 1.82) is 0 Å². The van der Waals surface area contributed by atoms with Gasteiger partial charge in [0, 0.05) is 6.42 Å². The van der Waals surface area contributed by atoms with Gasteiger partial charge in [-0.3, -0.25) is 9.59 Å². The van der Waals surface area contributed by atoms with Crippen LogP contribution in [0.1, 0.15) is 31.1 Å².